The topological polar surface area (TPSA) is 79.1 Å². The highest BCUT2D eigenvalue weighted by atomic mass is 16.5. The summed E-state index contributed by atoms with van der Waals surface area (Å²) in [5.41, 5.74) is 7.79. The summed E-state index contributed by atoms with van der Waals surface area (Å²) in [6.45, 7) is 2.00. The number of fused-ring (bicyclic) bond motifs is 1. The third-order valence-corrected chi connectivity index (χ3v) is 3.70. The van der Waals surface area contributed by atoms with Crippen LogP contribution in [0.2, 0.25) is 0 Å². The van der Waals surface area contributed by atoms with E-state index in [0.717, 1.165) is 34.3 Å². The first-order valence-electron chi connectivity index (χ1n) is 6.85. The number of hydrogen-bond donors (Lipinski definition) is 2. The Hall–Kier alpha value is -2.69. The van der Waals surface area contributed by atoms with E-state index in [-0.39, 0.29) is 0 Å². The molecule has 3 aromatic rings. The fraction of sp³-hybridized carbons (Fsp3) is 0.188. The molecule has 0 spiro atoms. The number of nitrogens with zero attached hydrogens (tertiary/aromatic N) is 2. The van der Waals surface area contributed by atoms with E-state index >= 15 is 0 Å². The van der Waals surface area contributed by atoms with Crippen LogP contribution in [0.1, 0.15) is 12.7 Å². The fourth-order valence-corrected chi connectivity index (χ4v) is 2.60. The normalized spacial score (nSPS) is 11.0. The molecule has 2 aromatic carbocycles. The number of rotatable bonds is 3. The zero-order valence-corrected chi connectivity index (χ0v) is 12.1. The highest BCUT2D eigenvalue weighted by Crippen LogP contribution is 2.36. The molecule has 4 N–H and O–H groups in total. The van der Waals surface area contributed by atoms with Crippen LogP contribution in [0.5, 0.6) is 5.75 Å². The average Bonchev–Trinajstić information content (AvgIpc) is 2.81. The van der Waals surface area contributed by atoms with Gasteiger partial charge in [-0.05, 0) is 17.5 Å². The first-order chi connectivity index (χ1) is 10.2. The summed E-state index contributed by atoms with van der Waals surface area (Å²) in [6.07, 6.45) is 0.731. The first kappa shape index (κ1) is 13.3. The fourth-order valence-electron chi connectivity index (χ4n) is 2.60. The van der Waals surface area contributed by atoms with E-state index in [2.05, 4.69) is 4.98 Å². The SMILES string of the molecule is CCc1nc(-c2ccc(OC)c3ccccc23)c(N)n1N. The third kappa shape index (κ3) is 1.98. The molecule has 0 saturated heterocycles. The van der Waals surface area contributed by atoms with Crippen molar-refractivity contribution in [3.8, 4) is 17.0 Å². The lowest BCUT2D eigenvalue weighted by Crippen LogP contribution is -2.14. The Morgan fingerprint density at radius 2 is 1.86 bits per heavy atom. The van der Waals surface area contributed by atoms with Gasteiger partial charge < -0.3 is 16.3 Å². The number of aromatic nitrogens is 2. The van der Waals surface area contributed by atoms with Crippen LogP contribution in [0, 0.1) is 0 Å². The number of benzene rings is 2. The van der Waals surface area contributed by atoms with Crippen molar-refractivity contribution in [3.05, 3.63) is 42.2 Å². The van der Waals surface area contributed by atoms with Crippen LogP contribution in [0.25, 0.3) is 22.0 Å². The van der Waals surface area contributed by atoms with Crippen molar-refractivity contribution >= 4 is 16.6 Å². The Labute approximate surface area is 123 Å². The highest BCUT2D eigenvalue weighted by molar-refractivity contribution is 6.01. The van der Waals surface area contributed by atoms with Gasteiger partial charge in [0.25, 0.3) is 0 Å². The molecular formula is C16H18N4O. The maximum absolute atomic E-state index is 6.12. The number of methoxy groups -OCH3 is 1. The van der Waals surface area contributed by atoms with Crippen LogP contribution in [-0.4, -0.2) is 16.8 Å². The van der Waals surface area contributed by atoms with Crippen LogP contribution in [-0.2, 0) is 6.42 Å². The number of imidazole rings is 1. The van der Waals surface area contributed by atoms with Gasteiger partial charge in [0.15, 0.2) is 5.82 Å². The third-order valence-electron chi connectivity index (χ3n) is 3.70. The van der Waals surface area contributed by atoms with Gasteiger partial charge in [0.05, 0.1) is 7.11 Å². The summed E-state index contributed by atoms with van der Waals surface area (Å²) in [5.74, 6) is 8.03. The Bertz CT molecular complexity index is 807. The molecule has 5 heteroatoms. The molecule has 108 valence electrons. The van der Waals surface area contributed by atoms with Crippen LogP contribution >= 0.6 is 0 Å². The van der Waals surface area contributed by atoms with Crippen LogP contribution in [0.4, 0.5) is 5.82 Å². The van der Waals surface area contributed by atoms with Gasteiger partial charge in [-0.2, -0.15) is 0 Å². The van der Waals surface area contributed by atoms with Gasteiger partial charge in [0.2, 0.25) is 0 Å². The second-order valence-electron chi connectivity index (χ2n) is 4.85. The number of hydrogen-bond acceptors (Lipinski definition) is 4. The maximum Gasteiger partial charge on any atom is 0.150 e. The van der Waals surface area contributed by atoms with E-state index in [1.165, 1.54) is 4.68 Å². The van der Waals surface area contributed by atoms with Crippen LogP contribution in [0.15, 0.2) is 36.4 Å². The smallest absolute Gasteiger partial charge is 0.150 e. The average molecular weight is 282 g/mol. The summed E-state index contributed by atoms with van der Waals surface area (Å²) >= 11 is 0. The van der Waals surface area contributed by atoms with Crippen molar-refractivity contribution in [1.82, 2.24) is 9.66 Å². The largest absolute Gasteiger partial charge is 0.496 e. The molecule has 0 atom stereocenters. The van der Waals surface area contributed by atoms with Crippen LogP contribution in [0.3, 0.4) is 0 Å². The van der Waals surface area contributed by atoms with E-state index in [4.69, 9.17) is 16.3 Å². The molecule has 0 aliphatic heterocycles. The monoisotopic (exact) mass is 282 g/mol. The summed E-state index contributed by atoms with van der Waals surface area (Å²) < 4.78 is 6.87. The van der Waals surface area contributed by atoms with Crippen LogP contribution < -0.4 is 16.3 Å². The Morgan fingerprint density at radius 3 is 2.48 bits per heavy atom. The summed E-state index contributed by atoms with van der Waals surface area (Å²) in [5, 5.41) is 2.07. The molecule has 1 heterocycles. The number of ether oxygens (including phenoxy) is 1. The zero-order chi connectivity index (χ0) is 15.0. The lowest BCUT2D eigenvalue weighted by Gasteiger charge is -2.09. The lowest BCUT2D eigenvalue weighted by molar-refractivity contribution is 0.420. The zero-order valence-electron chi connectivity index (χ0n) is 12.1. The van der Waals surface area contributed by atoms with Crippen molar-refractivity contribution < 1.29 is 4.74 Å². The van der Waals surface area contributed by atoms with Crippen molar-refractivity contribution in [2.24, 2.45) is 0 Å². The molecule has 0 unspecified atom stereocenters. The minimum Gasteiger partial charge on any atom is -0.496 e. The minimum atomic E-state index is 0.474. The van der Waals surface area contributed by atoms with Gasteiger partial charge in [0.1, 0.15) is 17.3 Å². The first-order valence-corrected chi connectivity index (χ1v) is 6.85. The molecule has 5 nitrogen and oxygen atoms in total. The predicted molar refractivity (Wildman–Crippen MR) is 85.7 cm³/mol. The standard InChI is InChI=1S/C16H18N4O/c1-3-14-19-15(16(17)20(14)18)12-8-9-13(21-2)11-7-5-4-6-10(11)12/h4-9H,3,17-18H2,1-2H3. The Balaban J connectivity index is 2.31. The van der Waals surface area contributed by atoms with Gasteiger partial charge in [-0.25, -0.2) is 9.66 Å². The van der Waals surface area contributed by atoms with Crippen molar-refractivity contribution in [2.45, 2.75) is 13.3 Å². The Morgan fingerprint density at radius 1 is 1.14 bits per heavy atom. The number of nitrogen functional groups attached to an aromatic ring is 2. The molecule has 3 rings (SSSR count). The predicted octanol–water partition coefficient (Wildman–Crippen LogP) is 2.57. The van der Waals surface area contributed by atoms with E-state index in [9.17, 15) is 0 Å². The van der Waals surface area contributed by atoms with E-state index in [1.54, 1.807) is 7.11 Å². The molecule has 21 heavy (non-hydrogen) atoms. The van der Waals surface area contributed by atoms with Gasteiger partial charge >= 0.3 is 0 Å². The molecule has 0 aliphatic carbocycles. The van der Waals surface area contributed by atoms with Crippen molar-refractivity contribution in [3.63, 3.8) is 0 Å². The minimum absolute atomic E-state index is 0.474. The number of nitrogens with two attached hydrogens (primary N) is 2. The molecule has 0 bridgehead atoms. The number of anilines is 1. The Kier molecular flexibility index (Phi) is 3.17. The van der Waals surface area contributed by atoms with Gasteiger partial charge in [-0.3, -0.25) is 0 Å². The van der Waals surface area contributed by atoms with Crippen molar-refractivity contribution in [1.29, 1.82) is 0 Å². The number of aryl methyl sites for hydroxylation is 1. The molecule has 0 aliphatic rings. The second kappa shape index (κ2) is 5.01. The van der Waals surface area contributed by atoms with E-state index in [0.29, 0.717) is 11.5 Å². The van der Waals surface area contributed by atoms with Crippen molar-refractivity contribution in [2.75, 3.05) is 18.7 Å². The highest BCUT2D eigenvalue weighted by Gasteiger charge is 2.16. The lowest BCUT2D eigenvalue weighted by atomic mass is 10.0. The van der Waals surface area contributed by atoms with Gasteiger partial charge in [-0.1, -0.05) is 31.2 Å². The molecule has 0 radical (unpaired) electrons. The molecule has 1 aromatic heterocycles. The van der Waals surface area contributed by atoms with E-state index < -0.39 is 0 Å². The molecule has 0 fully saturated rings. The molecule has 0 amide bonds. The molecular weight excluding hydrogens is 264 g/mol. The maximum atomic E-state index is 6.12. The van der Waals surface area contributed by atoms with E-state index in [1.807, 2.05) is 43.3 Å². The quantitative estimate of drug-likeness (QED) is 0.724. The van der Waals surface area contributed by atoms with Gasteiger partial charge in [-0.15, -0.1) is 0 Å². The second-order valence-corrected chi connectivity index (χ2v) is 4.85. The summed E-state index contributed by atoms with van der Waals surface area (Å²) in [4.78, 5) is 4.58. The summed E-state index contributed by atoms with van der Waals surface area (Å²) in [7, 11) is 1.67. The molecule has 0 saturated carbocycles. The summed E-state index contributed by atoms with van der Waals surface area (Å²) in [6, 6.07) is 11.9. The van der Waals surface area contributed by atoms with Gasteiger partial charge in [0, 0.05) is 17.4 Å².